The second-order valence-electron chi connectivity index (χ2n) is 4.12. The molecule has 2 rings (SSSR count). The molecule has 11 heteroatoms. The molecule has 6 N–H and O–H groups in total. The highest BCUT2D eigenvalue weighted by molar-refractivity contribution is 5.67. The summed E-state index contributed by atoms with van der Waals surface area (Å²) >= 11 is 0. The molecule has 2 heterocycles. The number of nitro groups is 1. The van der Waals surface area contributed by atoms with Crippen molar-refractivity contribution < 1.29 is 25.0 Å². The lowest BCUT2D eigenvalue weighted by Gasteiger charge is -2.16. The predicted molar refractivity (Wildman–Crippen MR) is 64.5 cm³/mol. The van der Waals surface area contributed by atoms with E-state index in [-0.39, 0.29) is 11.6 Å². The number of ether oxygens (including phenoxy) is 1. The van der Waals surface area contributed by atoms with Crippen LogP contribution >= 0.6 is 0 Å². The number of nitrogens with zero attached hydrogens (tertiary/aromatic N) is 3. The van der Waals surface area contributed by atoms with E-state index in [2.05, 4.69) is 15.3 Å². The van der Waals surface area contributed by atoms with Gasteiger partial charge in [-0.2, -0.15) is 0 Å². The Morgan fingerprint density at radius 3 is 2.70 bits per heavy atom. The van der Waals surface area contributed by atoms with Crippen LogP contribution in [-0.2, 0) is 4.74 Å². The fourth-order valence-electron chi connectivity index (χ4n) is 1.83. The Morgan fingerprint density at radius 2 is 2.15 bits per heavy atom. The molecule has 110 valence electrons. The molecule has 0 amide bonds. The van der Waals surface area contributed by atoms with Gasteiger partial charge in [-0.05, 0) is 0 Å². The Balaban J connectivity index is 2.23. The molecule has 0 aliphatic carbocycles. The average Bonchev–Trinajstić information content (AvgIpc) is 2.66. The molecule has 1 aromatic rings. The molecule has 0 aromatic carbocycles. The van der Waals surface area contributed by atoms with Crippen molar-refractivity contribution in [2.75, 3.05) is 17.7 Å². The molecule has 0 unspecified atom stereocenters. The van der Waals surface area contributed by atoms with Gasteiger partial charge in [0.15, 0.2) is 6.23 Å². The van der Waals surface area contributed by atoms with E-state index in [9.17, 15) is 20.3 Å². The van der Waals surface area contributed by atoms with Crippen molar-refractivity contribution in [1.29, 1.82) is 0 Å². The zero-order valence-electron chi connectivity index (χ0n) is 10.1. The van der Waals surface area contributed by atoms with E-state index in [1.54, 1.807) is 0 Å². The van der Waals surface area contributed by atoms with E-state index in [1.165, 1.54) is 0 Å². The van der Waals surface area contributed by atoms with E-state index >= 15 is 0 Å². The van der Waals surface area contributed by atoms with Gasteiger partial charge in [0.1, 0.15) is 24.6 Å². The molecule has 1 aliphatic heterocycles. The van der Waals surface area contributed by atoms with Crippen molar-refractivity contribution in [3.8, 4) is 0 Å². The summed E-state index contributed by atoms with van der Waals surface area (Å²) in [7, 11) is 0. The maximum atomic E-state index is 10.9. The van der Waals surface area contributed by atoms with Crippen LogP contribution in [0.1, 0.15) is 0 Å². The summed E-state index contributed by atoms with van der Waals surface area (Å²) in [5.74, 6) is -0.600. The average molecular weight is 287 g/mol. The van der Waals surface area contributed by atoms with E-state index in [0.717, 1.165) is 6.33 Å². The quantitative estimate of drug-likeness (QED) is 0.302. The first-order chi connectivity index (χ1) is 9.45. The fourth-order valence-corrected chi connectivity index (χ4v) is 1.83. The number of aliphatic hydroxyl groups excluding tert-OH is 3. The first kappa shape index (κ1) is 14.3. The Morgan fingerprint density at radius 1 is 1.45 bits per heavy atom. The van der Waals surface area contributed by atoms with Gasteiger partial charge in [0.25, 0.3) is 0 Å². The molecule has 0 spiro atoms. The van der Waals surface area contributed by atoms with Crippen molar-refractivity contribution in [2.24, 2.45) is 0 Å². The van der Waals surface area contributed by atoms with E-state index in [0.29, 0.717) is 0 Å². The van der Waals surface area contributed by atoms with Crippen molar-refractivity contribution in [3.05, 3.63) is 16.4 Å². The van der Waals surface area contributed by atoms with Crippen LogP contribution in [0.4, 0.5) is 17.3 Å². The highest BCUT2D eigenvalue weighted by Gasteiger charge is 2.43. The fraction of sp³-hybridized carbons (Fsp3) is 0.556. The van der Waals surface area contributed by atoms with Gasteiger partial charge in [-0.15, -0.1) is 0 Å². The Kier molecular flexibility index (Phi) is 3.94. The van der Waals surface area contributed by atoms with Crippen LogP contribution in [0.5, 0.6) is 0 Å². The molecule has 11 nitrogen and oxygen atoms in total. The Labute approximate surface area is 112 Å². The largest absolute Gasteiger partial charge is 0.394 e. The van der Waals surface area contributed by atoms with Gasteiger partial charge < -0.3 is 31.1 Å². The van der Waals surface area contributed by atoms with Crippen molar-refractivity contribution >= 4 is 17.3 Å². The maximum Gasteiger partial charge on any atom is 0.353 e. The van der Waals surface area contributed by atoms with E-state index < -0.39 is 41.8 Å². The van der Waals surface area contributed by atoms with Crippen LogP contribution in [0.2, 0.25) is 0 Å². The first-order valence-electron chi connectivity index (χ1n) is 5.59. The molecule has 1 fully saturated rings. The minimum atomic E-state index is -1.39. The van der Waals surface area contributed by atoms with Crippen LogP contribution in [0.25, 0.3) is 0 Å². The summed E-state index contributed by atoms with van der Waals surface area (Å²) in [4.78, 5) is 17.3. The monoisotopic (exact) mass is 287 g/mol. The third-order valence-electron chi connectivity index (χ3n) is 2.85. The normalized spacial score (nSPS) is 29.4. The number of nitrogens with two attached hydrogens (primary N) is 1. The highest BCUT2D eigenvalue weighted by Crippen LogP contribution is 2.29. The number of nitrogen functional groups attached to an aromatic ring is 1. The maximum absolute atomic E-state index is 10.9. The molecular weight excluding hydrogens is 274 g/mol. The van der Waals surface area contributed by atoms with Gasteiger partial charge in [-0.25, -0.2) is 9.97 Å². The summed E-state index contributed by atoms with van der Waals surface area (Å²) in [6, 6.07) is 0. The lowest BCUT2D eigenvalue weighted by atomic mass is 10.1. The highest BCUT2D eigenvalue weighted by atomic mass is 16.6. The molecule has 0 saturated carbocycles. The van der Waals surface area contributed by atoms with E-state index in [4.69, 9.17) is 15.6 Å². The minimum absolute atomic E-state index is 0.252. The Hall–Kier alpha value is -2.08. The lowest BCUT2D eigenvalue weighted by Crippen LogP contribution is -2.36. The molecular formula is C9H13N5O6. The molecule has 1 aromatic heterocycles. The van der Waals surface area contributed by atoms with Gasteiger partial charge in [0.05, 0.1) is 11.5 Å². The molecule has 20 heavy (non-hydrogen) atoms. The number of nitrogens with one attached hydrogen (secondary N) is 1. The third kappa shape index (κ3) is 2.46. The van der Waals surface area contributed by atoms with Gasteiger partial charge in [0.2, 0.25) is 11.6 Å². The SMILES string of the molecule is Nc1ncnc(N[C@H]2O[C@H](CO)[C@@H](O)[C@H]2O)c1[N+](=O)[O-]. The standard InChI is InChI=1S/C9H13N5O6/c10-7-4(14(18)19)8(12-2-11-7)13-9-6(17)5(16)3(1-15)20-9/h2-3,5-6,9,15-17H,1H2,(H3,10,11,12,13)/t3-,5-,6-,9+/m1/s1. The molecule has 0 bridgehead atoms. The predicted octanol–water partition coefficient (Wildman–Crippen LogP) is -2.18. The zero-order chi connectivity index (χ0) is 14.9. The number of rotatable bonds is 4. The zero-order valence-corrected chi connectivity index (χ0v) is 10.1. The van der Waals surface area contributed by atoms with Crippen LogP contribution < -0.4 is 11.1 Å². The third-order valence-corrected chi connectivity index (χ3v) is 2.85. The topological polar surface area (TPSA) is 177 Å². The summed E-state index contributed by atoms with van der Waals surface area (Å²) in [6.45, 7) is -0.510. The molecule has 0 radical (unpaired) electrons. The van der Waals surface area contributed by atoms with Crippen LogP contribution in [-0.4, -0.2) is 61.4 Å². The van der Waals surface area contributed by atoms with Gasteiger partial charge in [-0.3, -0.25) is 10.1 Å². The summed E-state index contributed by atoms with van der Waals surface area (Å²) in [5, 5.41) is 41.6. The van der Waals surface area contributed by atoms with Crippen LogP contribution in [0, 0.1) is 10.1 Å². The summed E-state index contributed by atoms with van der Waals surface area (Å²) in [5.41, 5.74) is 4.82. The lowest BCUT2D eigenvalue weighted by molar-refractivity contribution is -0.383. The van der Waals surface area contributed by atoms with Crippen LogP contribution in [0.15, 0.2) is 6.33 Å². The first-order valence-corrected chi connectivity index (χ1v) is 5.59. The van der Waals surface area contributed by atoms with Gasteiger partial charge in [-0.1, -0.05) is 0 Å². The summed E-state index contributed by atoms with van der Waals surface area (Å²) < 4.78 is 5.13. The minimum Gasteiger partial charge on any atom is -0.394 e. The van der Waals surface area contributed by atoms with Gasteiger partial charge in [0, 0.05) is 0 Å². The van der Waals surface area contributed by atoms with Crippen LogP contribution in [0.3, 0.4) is 0 Å². The van der Waals surface area contributed by atoms with E-state index in [1.807, 2.05) is 0 Å². The van der Waals surface area contributed by atoms with Crippen molar-refractivity contribution in [1.82, 2.24) is 9.97 Å². The van der Waals surface area contributed by atoms with Crippen molar-refractivity contribution in [3.63, 3.8) is 0 Å². The second kappa shape index (κ2) is 5.50. The number of hydrogen-bond acceptors (Lipinski definition) is 10. The summed E-state index contributed by atoms with van der Waals surface area (Å²) in [6.07, 6.45) is -3.87. The second-order valence-corrected chi connectivity index (χ2v) is 4.12. The smallest absolute Gasteiger partial charge is 0.353 e. The van der Waals surface area contributed by atoms with Crippen molar-refractivity contribution in [2.45, 2.75) is 24.5 Å². The molecule has 4 atom stereocenters. The Bertz CT molecular complexity index is 514. The number of hydrogen-bond donors (Lipinski definition) is 5. The molecule has 1 saturated heterocycles. The number of aromatic nitrogens is 2. The van der Waals surface area contributed by atoms with Gasteiger partial charge >= 0.3 is 5.69 Å². The molecule has 1 aliphatic rings. The number of aliphatic hydroxyl groups is 3. The number of anilines is 2.